The van der Waals surface area contributed by atoms with E-state index in [1.54, 1.807) is 0 Å². The van der Waals surface area contributed by atoms with Crippen molar-refractivity contribution >= 4 is 29.3 Å². The molecule has 0 saturated heterocycles. The van der Waals surface area contributed by atoms with Gasteiger partial charge in [0.05, 0.1) is 6.04 Å². The first-order chi connectivity index (χ1) is 15.2. The third kappa shape index (κ3) is 8.30. The lowest BCUT2D eigenvalue weighted by Gasteiger charge is -2.24. The molecule has 0 aliphatic rings. The van der Waals surface area contributed by atoms with E-state index >= 15 is 0 Å². The molecule has 0 saturated carbocycles. The van der Waals surface area contributed by atoms with E-state index in [1.165, 1.54) is 16.7 Å². The summed E-state index contributed by atoms with van der Waals surface area (Å²) < 4.78 is 5.27. The quantitative estimate of drug-likeness (QED) is 0.457. The molecule has 0 fully saturated rings. The fourth-order valence-electron chi connectivity index (χ4n) is 3.12. The number of rotatable bonds is 11. The number of hydrogen-bond donors (Lipinski definition) is 3. The van der Waals surface area contributed by atoms with E-state index < -0.39 is 24.1 Å². The van der Waals surface area contributed by atoms with Crippen LogP contribution in [0.4, 0.5) is 4.79 Å². The zero-order valence-corrected chi connectivity index (χ0v) is 19.6. The summed E-state index contributed by atoms with van der Waals surface area (Å²) in [5.41, 5.74) is 0.803. The first kappa shape index (κ1) is 25.3. The van der Waals surface area contributed by atoms with E-state index in [4.69, 9.17) is 9.84 Å². The number of aromatic carboxylic acids is 1. The number of carbonyl (C=O) groups is 3. The number of carboxylic acids is 1. The number of benzene rings is 1. The van der Waals surface area contributed by atoms with Gasteiger partial charge in [-0.25, -0.2) is 14.6 Å². The second kappa shape index (κ2) is 12.2. The van der Waals surface area contributed by atoms with Crippen LogP contribution in [0.3, 0.4) is 0 Å². The number of alkyl carbamates (subject to hydrolysis) is 1. The summed E-state index contributed by atoms with van der Waals surface area (Å²) in [4.78, 5) is 40.8. The highest BCUT2D eigenvalue weighted by atomic mass is 32.1. The summed E-state index contributed by atoms with van der Waals surface area (Å²) in [5, 5.41) is 16.8. The van der Waals surface area contributed by atoms with Crippen LogP contribution in [0.2, 0.25) is 0 Å². The molecule has 0 aliphatic heterocycles. The molecule has 2 amide bonds. The Morgan fingerprint density at radius 3 is 2.25 bits per heavy atom. The third-order valence-electron chi connectivity index (χ3n) is 4.59. The fourth-order valence-corrected chi connectivity index (χ4v) is 3.98. The predicted octanol–water partition coefficient (Wildman–Crippen LogP) is 4.39. The molecule has 1 aromatic carbocycles. The predicted molar refractivity (Wildman–Crippen MR) is 122 cm³/mol. The van der Waals surface area contributed by atoms with E-state index in [0.29, 0.717) is 17.8 Å². The molecule has 0 aliphatic carbocycles. The van der Waals surface area contributed by atoms with E-state index in [9.17, 15) is 14.4 Å². The van der Waals surface area contributed by atoms with Gasteiger partial charge in [0.15, 0.2) is 5.69 Å². The maximum absolute atomic E-state index is 13.1. The van der Waals surface area contributed by atoms with Gasteiger partial charge < -0.3 is 20.5 Å². The molecule has 2 rings (SSSR count). The molecule has 0 spiro atoms. The Hall–Kier alpha value is -2.94. The Morgan fingerprint density at radius 1 is 1.03 bits per heavy atom. The molecule has 174 valence electrons. The van der Waals surface area contributed by atoms with E-state index in [-0.39, 0.29) is 30.0 Å². The Balaban J connectivity index is 2.07. The Morgan fingerprint density at radius 2 is 1.69 bits per heavy atom. The van der Waals surface area contributed by atoms with Crippen LogP contribution in [0.15, 0.2) is 35.7 Å². The average molecular weight is 462 g/mol. The van der Waals surface area contributed by atoms with Crippen LogP contribution < -0.4 is 10.6 Å². The number of ether oxygens (including phenoxy) is 1. The second-order valence-electron chi connectivity index (χ2n) is 8.46. The number of aromatic nitrogens is 1. The van der Waals surface area contributed by atoms with Crippen LogP contribution in [-0.4, -0.2) is 34.1 Å². The van der Waals surface area contributed by atoms with Crippen molar-refractivity contribution in [2.75, 3.05) is 0 Å². The van der Waals surface area contributed by atoms with Gasteiger partial charge in [0.1, 0.15) is 17.7 Å². The molecule has 9 heteroatoms. The van der Waals surface area contributed by atoms with Crippen molar-refractivity contribution in [2.24, 2.45) is 11.8 Å². The summed E-state index contributed by atoms with van der Waals surface area (Å²) >= 11 is 1.20. The molecule has 0 unspecified atom stereocenters. The highest BCUT2D eigenvalue weighted by molar-refractivity contribution is 7.09. The number of amides is 2. The SMILES string of the molecule is CC(C)C[C@H](NC(=O)OCc1ccccc1)C(=O)N[C@@H](CC(C)C)c1nc(C(=O)O)cs1. The van der Waals surface area contributed by atoms with Crippen LogP contribution in [-0.2, 0) is 16.1 Å². The summed E-state index contributed by atoms with van der Waals surface area (Å²) in [6.07, 6.45) is 0.349. The summed E-state index contributed by atoms with van der Waals surface area (Å²) in [6, 6.07) is 8.05. The number of thiazole rings is 1. The van der Waals surface area contributed by atoms with Crippen LogP contribution in [0.1, 0.15) is 67.6 Å². The van der Waals surface area contributed by atoms with E-state index in [2.05, 4.69) is 15.6 Å². The molecule has 32 heavy (non-hydrogen) atoms. The fraction of sp³-hybridized carbons (Fsp3) is 0.478. The number of nitrogens with zero attached hydrogens (tertiary/aromatic N) is 1. The van der Waals surface area contributed by atoms with Crippen molar-refractivity contribution in [2.45, 2.75) is 59.2 Å². The number of nitrogens with one attached hydrogen (secondary N) is 2. The number of carbonyl (C=O) groups excluding carboxylic acids is 2. The van der Waals surface area contributed by atoms with Crippen molar-refractivity contribution < 1.29 is 24.2 Å². The molecular weight excluding hydrogens is 430 g/mol. The van der Waals surface area contributed by atoms with Crippen LogP contribution >= 0.6 is 11.3 Å². The topological polar surface area (TPSA) is 118 Å². The molecule has 8 nitrogen and oxygen atoms in total. The zero-order valence-electron chi connectivity index (χ0n) is 18.8. The van der Waals surface area contributed by atoms with Gasteiger partial charge in [0.25, 0.3) is 0 Å². The largest absolute Gasteiger partial charge is 0.476 e. The normalized spacial score (nSPS) is 12.9. The van der Waals surface area contributed by atoms with Crippen molar-refractivity contribution in [1.82, 2.24) is 15.6 Å². The van der Waals surface area contributed by atoms with Crippen LogP contribution in [0.25, 0.3) is 0 Å². The minimum Gasteiger partial charge on any atom is -0.476 e. The first-order valence-corrected chi connectivity index (χ1v) is 11.5. The monoisotopic (exact) mass is 461 g/mol. The Labute approximate surface area is 192 Å². The molecule has 3 N–H and O–H groups in total. The number of carboxylic acid groups (broad SMARTS) is 1. The highest BCUT2D eigenvalue weighted by Crippen LogP contribution is 2.25. The van der Waals surface area contributed by atoms with Gasteiger partial charge in [0, 0.05) is 5.38 Å². The van der Waals surface area contributed by atoms with Crippen LogP contribution in [0, 0.1) is 11.8 Å². The average Bonchev–Trinajstić information content (AvgIpc) is 3.22. The number of hydrogen-bond acceptors (Lipinski definition) is 6. The Kier molecular flexibility index (Phi) is 9.64. The lowest BCUT2D eigenvalue weighted by atomic mass is 10.0. The van der Waals surface area contributed by atoms with Gasteiger partial charge in [-0.3, -0.25) is 4.79 Å². The van der Waals surface area contributed by atoms with E-state index in [1.807, 2.05) is 58.0 Å². The van der Waals surface area contributed by atoms with Gasteiger partial charge in [-0.2, -0.15) is 0 Å². The smallest absolute Gasteiger partial charge is 0.408 e. The lowest BCUT2D eigenvalue weighted by molar-refractivity contribution is -0.124. The standard InChI is InChI=1S/C23H31N3O5S/c1-14(2)10-17(26-23(30)31-12-16-8-6-5-7-9-16)20(27)24-18(11-15(3)4)21-25-19(13-32-21)22(28)29/h5-9,13-15,17-18H,10-12H2,1-4H3,(H,24,27)(H,26,30)(H,28,29)/t17-,18-/m0/s1. The minimum absolute atomic E-state index is 0.0469. The highest BCUT2D eigenvalue weighted by Gasteiger charge is 2.27. The minimum atomic E-state index is -1.11. The van der Waals surface area contributed by atoms with Gasteiger partial charge in [-0.1, -0.05) is 58.0 Å². The summed E-state index contributed by atoms with van der Waals surface area (Å²) in [7, 11) is 0. The van der Waals surface area contributed by atoms with Crippen LogP contribution in [0.5, 0.6) is 0 Å². The molecule has 2 atom stereocenters. The maximum atomic E-state index is 13.1. The van der Waals surface area contributed by atoms with Crippen molar-refractivity contribution in [3.05, 3.63) is 52.0 Å². The summed E-state index contributed by atoms with van der Waals surface area (Å²) in [6.45, 7) is 8.05. The molecule has 2 aromatic rings. The van der Waals surface area contributed by atoms with E-state index in [0.717, 1.165) is 5.56 Å². The Bertz CT molecular complexity index is 898. The molecule has 1 aromatic heterocycles. The maximum Gasteiger partial charge on any atom is 0.408 e. The van der Waals surface area contributed by atoms with Crippen molar-refractivity contribution in [3.63, 3.8) is 0 Å². The van der Waals surface area contributed by atoms with Crippen molar-refractivity contribution in [1.29, 1.82) is 0 Å². The summed E-state index contributed by atoms with van der Waals surface area (Å²) in [5.74, 6) is -1.07. The van der Waals surface area contributed by atoms with Crippen molar-refractivity contribution in [3.8, 4) is 0 Å². The first-order valence-electron chi connectivity index (χ1n) is 10.6. The molecule has 1 heterocycles. The zero-order chi connectivity index (χ0) is 23.7. The van der Waals surface area contributed by atoms with Gasteiger partial charge >= 0.3 is 12.1 Å². The van der Waals surface area contributed by atoms with Gasteiger partial charge in [-0.05, 0) is 30.2 Å². The second-order valence-corrected chi connectivity index (χ2v) is 9.34. The third-order valence-corrected chi connectivity index (χ3v) is 5.55. The van der Waals surface area contributed by atoms with Gasteiger partial charge in [0.2, 0.25) is 5.91 Å². The molecule has 0 bridgehead atoms. The van der Waals surface area contributed by atoms with Gasteiger partial charge in [-0.15, -0.1) is 11.3 Å². The lowest BCUT2D eigenvalue weighted by Crippen LogP contribution is -2.48. The molecular formula is C23H31N3O5S. The molecule has 0 radical (unpaired) electrons.